The molecule has 1 aliphatic rings. The summed E-state index contributed by atoms with van der Waals surface area (Å²) in [5.41, 5.74) is 1.70. The Morgan fingerprint density at radius 1 is 1.53 bits per heavy atom. The third-order valence-corrected chi connectivity index (χ3v) is 4.61. The van der Waals surface area contributed by atoms with Gasteiger partial charge in [0.2, 0.25) is 0 Å². The van der Waals surface area contributed by atoms with Crippen molar-refractivity contribution >= 4 is 23.1 Å². The summed E-state index contributed by atoms with van der Waals surface area (Å²) in [5, 5.41) is 14.2. The van der Waals surface area contributed by atoms with Crippen LogP contribution in [0.15, 0.2) is 18.2 Å². The number of anilines is 1. The van der Waals surface area contributed by atoms with Crippen LogP contribution < -0.4 is 5.32 Å². The van der Waals surface area contributed by atoms with Crippen molar-refractivity contribution in [2.45, 2.75) is 24.5 Å². The minimum absolute atomic E-state index is 0.168. The first kappa shape index (κ1) is 12.2. The standard InChI is InChI=1S/C12H16N2O2S/c1-9-3-4-10(11(7-9)14(15)16)13-8-12(17-2)5-6-12/h3-4,7,13H,5-6,8H2,1-2H3. The summed E-state index contributed by atoms with van der Waals surface area (Å²) in [6.45, 7) is 2.67. The molecule has 92 valence electrons. The molecule has 0 unspecified atom stereocenters. The van der Waals surface area contributed by atoms with Crippen LogP contribution >= 0.6 is 11.8 Å². The van der Waals surface area contributed by atoms with E-state index in [1.165, 1.54) is 12.8 Å². The molecule has 0 aromatic heterocycles. The Morgan fingerprint density at radius 2 is 2.24 bits per heavy atom. The highest BCUT2D eigenvalue weighted by molar-refractivity contribution is 8.00. The van der Waals surface area contributed by atoms with Gasteiger partial charge in [-0.15, -0.1) is 0 Å². The molecule has 0 atom stereocenters. The number of nitrogens with one attached hydrogen (secondary N) is 1. The fourth-order valence-corrected chi connectivity index (χ4v) is 2.52. The van der Waals surface area contributed by atoms with Crippen molar-refractivity contribution in [1.29, 1.82) is 0 Å². The van der Waals surface area contributed by atoms with E-state index in [4.69, 9.17) is 0 Å². The number of nitrogens with zero attached hydrogens (tertiary/aromatic N) is 1. The molecule has 4 nitrogen and oxygen atoms in total. The summed E-state index contributed by atoms with van der Waals surface area (Å²) in [6.07, 6.45) is 4.49. The zero-order valence-electron chi connectivity index (χ0n) is 10.0. The van der Waals surface area contributed by atoms with Gasteiger partial charge in [-0.25, -0.2) is 0 Å². The Labute approximate surface area is 105 Å². The van der Waals surface area contributed by atoms with Gasteiger partial charge >= 0.3 is 0 Å². The van der Waals surface area contributed by atoms with E-state index in [9.17, 15) is 10.1 Å². The molecule has 1 saturated carbocycles. The molecule has 0 bridgehead atoms. The van der Waals surface area contributed by atoms with E-state index >= 15 is 0 Å². The number of nitro benzene ring substituents is 1. The lowest BCUT2D eigenvalue weighted by Crippen LogP contribution is -2.18. The Kier molecular flexibility index (Phi) is 3.28. The fourth-order valence-electron chi connectivity index (χ4n) is 1.79. The third-order valence-electron chi connectivity index (χ3n) is 3.19. The van der Waals surface area contributed by atoms with Gasteiger partial charge in [0, 0.05) is 17.4 Å². The van der Waals surface area contributed by atoms with Gasteiger partial charge in [0.15, 0.2) is 0 Å². The number of aryl methyl sites for hydroxylation is 1. The maximum absolute atomic E-state index is 10.9. The normalized spacial score (nSPS) is 16.6. The van der Waals surface area contributed by atoms with Gasteiger partial charge in [-0.2, -0.15) is 11.8 Å². The molecule has 5 heteroatoms. The first-order valence-electron chi connectivity index (χ1n) is 5.60. The summed E-state index contributed by atoms with van der Waals surface area (Å²) in [7, 11) is 0. The average Bonchev–Trinajstić information content (AvgIpc) is 3.08. The van der Waals surface area contributed by atoms with Crippen molar-refractivity contribution in [2.75, 3.05) is 18.1 Å². The predicted molar refractivity (Wildman–Crippen MR) is 71.8 cm³/mol. The van der Waals surface area contributed by atoms with Gasteiger partial charge in [0.05, 0.1) is 4.92 Å². The second-order valence-electron chi connectivity index (χ2n) is 4.52. The first-order chi connectivity index (χ1) is 8.06. The highest BCUT2D eigenvalue weighted by Gasteiger charge is 2.41. The van der Waals surface area contributed by atoms with Crippen molar-refractivity contribution in [2.24, 2.45) is 0 Å². The lowest BCUT2D eigenvalue weighted by atomic mass is 10.2. The quantitative estimate of drug-likeness (QED) is 0.645. The number of nitro groups is 1. The monoisotopic (exact) mass is 252 g/mol. The SMILES string of the molecule is CSC1(CNc2ccc(C)cc2[N+](=O)[O-])CC1. The van der Waals surface area contributed by atoms with Crippen molar-refractivity contribution in [3.05, 3.63) is 33.9 Å². The second-order valence-corrected chi connectivity index (χ2v) is 5.79. The number of thioether (sulfide) groups is 1. The molecule has 0 heterocycles. The highest BCUT2D eigenvalue weighted by atomic mass is 32.2. The molecule has 1 aliphatic carbocycles. The van der Waals surface area contributed by atoms with Crippen LogP contribution in [0, 0.1) is 17.0 Å². The smallest absolute Gasteiger partial charge is 0.292 e. The van der Waals surface area contributed by atoms with E-state index in [0.717, 1.165) is 12.1 Å². The molecule has 0 saturated heterocycles. The van der Waals surface area contributed by atoms with Crippen LogP contribution in [0.3, 0.4) is 0 Å². The molecule has 0 aliphatic heterocycles. The molecule has 0 spiro atoms. The fraction of sp³-hybridized carbons (Fsp3) is 0.500. The maximum Gasteiger partial charge on any atom is 0.292 e. The molecular formula is C12H16N2O2S. The molecule has 1 fully saturated rings. The zero-order valence-corrected chi connectivity index (χ0v) is 10.8. The molecule has 2 rings (SSSR count). The lowest BCUT2D eigenvalue weighted by molar-refractivity contribution is -0.384. The largest absolute Gasteiger partial charge is 0.378 e. The van der Waals surface area contributed by atoms with Crippen LogP contribution in [0.1, 0.15) is 18.4 Å². The van der Waals surface area contributed by atoms with Crippen molar-refractivity contribution < 1.29 is 4.92 Å². The van der Waals surface area contributed by atoms with E-state index in [1.54, 1.807) is 12.1 Å². The van der Waals surface area contributed by atoms with Crippen molar-refractivity contribution in [3.8, 4) is 0 Å². The van der Waals surface area contributed by atoms with Gasteiger partial charge < -0.3 is 5.32 Å². The van der Waals surface area contributed by atoms with Crippen LogP contribution in [-0.2, 0) is 0 Å². The summed E-state index contributed by atoms with van der Waals surface area (Å²) < 4.78 is 0.304. The van der Waals surface area contributed by atoms with Crippen LogP contribution in [0.5, 0.6) is 0 Å². The Morgan fingerprint density at radius 3 is 2.76 bits per heavy atom. The third kappa shape index (κ3) is 2.72. The topological polar surface area (TPSA) is 55.2 Å². The Bertz CT molecular complexity index is 444. The second kappa shape index (κ2) is 4.56. The number of rotatable bonds is 5. The minimum Gasteiger partial charge on any atom is -0.378 e. The molecule has 1 N–H and O–H groups in total. The van der Waals surface area contributed by atoms with Crippen LogP contribution in [0.2, 0.25) is 0 Å². The number of benzene rings is 1. The summed E-state index contributed by atoms with van der Waals surface area (Å²) >= 11 is 1.84. The summed E-state index contributed by atoms with van der Waals surface area (Å²) in [4.78, 5) is 10.6. The van der Waals surface area contributed by atoms with E-state index in [-0.39, 0.29) is 10.6 Å². The Balaban J connectivity index is 2.12. The van der Waals surface area contributed by atoms with E-state index < -0.39 is 0 Å². The van der Waals surface area contributed by atoms with Crippen molar-refractivity contribution in [1.82, 2.24) is 0 Å². The molecule has 1 aromatic carbocycles. The number of hydrogen-bond donors (Lipinski definition) is 1. The zero-order chi connectivity index (χ0) is 12.5. The van der Waals surface area contributed by atoms with Crippen LogP contribution in [-0.4, -0.2) is 22.5 Å². The van der Waals surface area contributed by atoms with E-state index in [1.807, 2.05) is 24.8 Å². The first-order valence-corrected chi connectivity index (χ1v) is 6.83. The number of hydrogen-bond acceptors (Lipinski definition) is 4. The summed E-state index contributed by atoms with van der Waals surface area (Å²) in [6, 6.07) is 5.30. The highest BCUT2D eigenvalue weighted by Crippen LogP contribution is 2.47. The lowest BCUT2D eigenvalue weighted by Gasteiger charge is -2.14. The molecule has 17 heavy (non-hydrogen) atoms. The Hall–Kier alpha value is -1.23. The molecule has 0 amide bonds. The predicted octanol–water partition coefficient (Wildman–Crippen LogP) is 3.21. The van der Waals surface area contributed by atoms with Gasteiger partial charge in [-0.1, -0.05) is 6.07 Å². The van der Waals surface area contributed by atoms with Crippen molar-refractivity contribution in [3.63, 3.8) is 0 Å². The molecular weight excluding hydrogens is 236 g/mol. The van der Waals surface area contributed by atoms with E-state index in [0.29, 0.717) is 10.4 Å². The van der Waals surface area contributed by atoms with Crippen LogP contribution in [0.25, 0.3) is 0 Å². The summed E-state index contributed by atoms with van der Waals surface area (Å²) in [5.74, 6) is 0. The maximum atomic E-state index is 10.9. The van der Waals surface area contributed by atoms with Gasteiger partial charge in [0.1, 0.15) is 5.69 Å². The molecule has 1 aromatic rings. The van der Waals surface area contributed by atoms with Crippen LogP contribution in [0.4, 0.5) is 11.4 Å². The van der Waals surface area contributed by atoms with Gasteiger partial charge in [-0.3, -0.25) is 10.1 Å². The van der Waals surface area contributed by atoms with Gasteiger partial charge in [-0.05, 0) is 37.7 Å². The van der Waals surface area contributed by atoms with Gasteiger partial charge in [0.25, 0.3) is 5.69 Å². The minimum atomic E-state index is -0.325. The molecule has 0 radical (unpaired) electrons. The average molecular weight is 252 g/mol. The van der Waals surface area contributed by atoms with E-state index in [2.05, 4.69) is 11.6 Å².